The Morgan fingerprint density at radius 1 is 1.57 bits per heavy atom. The molecule has 0 aromatic heterocycles. The van der Waals surface area contributed by atoms with Crippen LogP contribution >= 0.6 is 0 Å². The molecular formula is C11H23N3. The molecule has 1 heterocycles. The van der Waals surface area contributed by atoms with Crippen LogP contribution in [0.5, 0.6) is 0 Å². The number of likely N-dealkylation sites (tertiary alicyclic amines) is 1. The van der Waals surface area contributed by atoms with E-state index in [-0.39, 0.29) is 0 Å². The van der Waals surface area contributed by atoms with Crippen molar-refractivity contribution in [2.75, 3.05) is 13.1 Å². The summed E-state index contributed by atoms with van der Waals surface area (Å²) in [6.45, 7) is 8.57. The fraction of sp³-hybridized carbons (Fsp3) is 0.909. The number of aliphatic imine (C=N–C) groups is 1. The maximum atomic E-state index is 5.91. The second-order valence-corrected chi connectivity index (χ2v) is 4.47. The van der Waals surface area contributed by atoms with Crippen molar-refractivity contribution in [3.63, 3.8) is 0 Å². The van der Waals surface area contributed by atoms with E-state index in [0.717, 1.165) is 25.0 Å². The first kappa shape index (κ1) is 11.3. The molecule has 1 aliphatic heterocycles. The molecule has 1 aliphatic rings. The van der Waals surface area contributed by atoms with Crippen LogP contribution in [-0.2, 0) is 0 Å². The topological polar surface area (TPSA) is 41.6 Å². The number of nitrogens with zero attached hydrogens (tertiary/aromatic N) is 2. The molecule has 0 radical (unpaired) electrons. The van der Waals surface area contributed by atoms with Crippen molar-refractivity contribution >= 4 is 5.96 Å². The first-order valence-corrected chi connectivity index (χ1v) is 5.71. The van der Waals surface area contributed by atoms with Crippen molar-refractivity contribution in [1.29, 1.82) is 0 Å². The van der Waals surface area contributed by atoms with Crippen LogP contribution in [0.15, 0.2) is 4.99 Å². The number of hydrogen-bond acceptors (Lipinski definition) is 1. The van der Waals surface area contributed by atoms with Crippen molar-refractivity contribution in [1.82, 2.24) is 4.90 Å². The van der Waals surface area contributed by atoms with Crippen molar-refractivity contribution in [3.05, 3.63) is 0 Å². The first-order chi connectivity index (χ1) is 6.63. The molecule has 1 atom stereocenters. The van der Waals surface area contributed by atoms with Gasteiger partial charge in [-0.15, -0.1) is 0 Å². The highest BCUT2D eigenvalue weighted by atomic mass is 15.3. The van der Waals surface area contributed by atoms with Crippen LogP contribution < -0.4 is 5.73 Å². The highest BCUT2D eigenvalue weighted by Gasteiger charge is 2.22. The zero-order valence-corrected chi connectivity index (χ0v) is 9.66. The molecule has 0 aromatic carbocycles. The molecule has 2 N–H and O–H groups in total. The van der Waals surface area contributed by atoms with Crippen molar-refractivity contribution in [2.24, 2.45) is 16.6 Å². The summed E-state index contributed by atoms with van der Waals surface area (Å²) in [4.78, 5) is 6.60. The number of guanidine groups is 1. The third kappa shape index (κ3) is 3.20. The minimum Gasteiger partial charge on any atom is -0.370 e. The van der Waals surface area contributed by atoms with Crippen LogP contribution in [0.2, 0.25) is 0 Å². The summed E-state index contributed by atoms with van der Waals surface area (Å²) < 4.78 is 0. The fourth-order valence-electron chi connectivity index (χ4n) is 2.03. The van der Waals surface area contributed by atoms with Gasteiger partial charge in [0.25, 0.3) is 0 Å². The first-order valence-electron chi connectivity index (χ1n) is 5.71. The van der Waals surface area contributed by atoms with Gasteiger partial charge in [-0.25, -0.2) is 0 Å². The van der Waals surface area contributed by atoms with Gasteiger partial charge in [-0.3, -0.25) is 4.99 Å². The molecule has 3 nitrogen and oxygen atoms in total. The van der Waals surface area contributed by atoms with E-state index in [4.69, 9.17) is 5.73 Å². The third-order valence-corrected chi connectivity index (χ3v) is 2.70. The van der Waals surface area contributed by atoms with Gasteiger partial charge in [0.2, 0.25) is 0 Å². The lowest BCUT2D eigenvalue weighted by Crippen LogP contribution is -2.36. The molecule has 1 rings (SSSR count). The predicted octanol–water partition coefficient (Wildman–Crippen LogP) is 1.83. The Labute approximate surface area is 87.4 Å². The molecule has 1 fully saturated rings. The van der Waals surface area contributed by atoms with E-state index in [1.165, 1.54) is 19.3 Å². The highest BCUT2D eigenvalue weighted by molar-refractivity contribution is 5.78. The van der Waals surface area contributed by atoms with Gasteiger partial charge in [-0.05, 0) is 32.6 Å². The Kier molecular flexibility index (Phi) is 4.23. The highest BCUT2D eigenvalue weighted by Crippen LogP contribution is 2.20. The summed E-state index contributed by atoms with van der Waals surface area (Å²) in [5.74, 6) is 1.57. The van der Waals surface area contributed by atoms with Crippen LogP contribution in [0.25, 0.3) is 0 Å². The molecule has 1 saturated heterocycles. The van der Waals surface area contributed by atoms with Crippen LogP contribution in [0.3, 0.4) is 0 Å². The van der Waals surface area contributed by atoms with E-state index in [2.05, 4.69) is 30.7 Å². The molecule has 3 heteroatoms. The molecular weight excluding hydrogens is 174 g/mol. The van der Waals surface area contributed by atoms with E-state index in [1.54, 1.807) is 0 Å². The Bertz CT molecular complexity index is 199. The Morgan fingerprint density at radius 2 is 2.29 bits per heavy atom. The van der Waals surface area contributed by atoms with E-state index < -0.39 is 0 Å². The van der Waals surface area contributed by atoms with E-state index in [9.17, 15) is 0 Å². The van der Waals surface area contributed by atoms with Gasteiger partial charge in [-0.1, -0.05) is 13.3 Å². The lowest BCUT2D eigenvalue weighted by Gasteiger charge is -2.18. The number of hydrogen-bond donors (Lipinski definition) is 1. The minimum absolute atomic E-state index is 0.306. The van der Waals surface area contributed by atoms with E-state index in [1.807, 2.05) is 0 Å². The zero-order chi connectivity index (χ0) is 10.6. The Morgan fingerprint density at radius 3 is 2.86 bits per heavy atom. The summed E-state index contributed by atoms with van der Waals surface area (Å²) in [5.41, 5.74) is 5.91. The van der Waals surface area contributed by atoms with Gasteiger partial charge in [-0.2, -0.15) is 0 Å². The fourth-order valence-corrected chi connectivity index (χ4v) is 2.03. The monoisotopic (exact) mass is 197 g/mol. The van der Waals surface area contributed by atoms with Crippen LogP contribution in [0.1, 0.15) is 40.0 Å². The number of rotatable bonds is 3. The summed E-state index contributed by atoms with van der Waals surface area (Å²) in [6.07, 6.45) is 3.88. The third-order valence-electron chi connectivity index (χ3n) is 2.70. The summed E-state index contributed by atoms with van der Waals surface area (Å²) >= 11 is 0. The largest absolute Gasteiger partial charge is 0.370 e. The average molecular weight is 197 g/mol. The lowest BCUT2D eigenvalue weighted by molar-refractivity contribution is 0.452. The normalized spacial score (nSPS) is 23.6. The Hall–Kier alpha value is -0.730. The summed E-state index contributed by atoms with van der Waals surface area (Å²) in [6, 6.07) is 0.306. The SMILES string of the molecule is CCCC1CCN(C(N)=NC(C)C)C1. The van der Waals surface area contributed by atoms with Gasteiger partial charge in [0.15, 0.2) is 5.96 Å². The van der Waals surface area contributed by atoms with Crippen LogP contribution in [0, 0.1) is 5.92 Å². The molecule has 0 saturated carbocycles. The quantitative estimate of drug-likeness (QED) is 0.554. The van der Waals surface area contributed by atoms with Gasteiger partial charge >= 0.3 is 0 Å². The van der Waals surface area contributed by atoms with Crippen LogP contribution in [0.4, 0.5) is 0 Å². The van der Waals surface area contributed by atoms with E-state index in [0.29, 0.717) is 6.04 Å². The lowest BCUT2D eigenvalue weighted by atomic mass is 10.0. The maximum absolute atomic E-state index is 5.91. The average Bonchev–Trinajstić information content (AvgIpc) is 2.52. The van der Waals surface area contributed by atoms with Gasteiger partial charge < -0.3 is 10.6 Å². The molecule has 0 amide bonds. The Balaban J connectivity index is 2.41. The molecule has 0 aliphatic carbocycles. The van der Waals surface area contributed by atoms with Gasteiger partial charge in [0.05, 0.1) is 0 Å². The minimum atomic E-state index is 0.306. The van der Waals surface area contributed by atoms with Gasteiger partial charge in [0, 0.05) is 19.1 Å². The molecule has 1 unspecified atom stereocenters. The zero-order valence-electron chi connectivity index (χ0n) is 9.66. The summed E-state index contributed by atoms with van der Waals surface area (Å²) in [5, 5.41) is 0. The predicted molar refractivity (Wildman–Crippen MR) is 61.3 cm³/mol. The second-order valence-electron chi connectivity index (χ2n) is 4.47. The van der Waals surface area contributed by atoms with Crippen molar-refractivity contribution in [2.45, 2.75) is 46.1 Å². The standard InChI is InChI=1S/C11H23N3/c1-4-5-10-6-7-14(8-10)11(12)13-9(2)3/h9-10H,4-8H2,1-3H3,(H2,12,13). The van der Waals surface area contributed by atoms with E-state index >= 15 is 0 Å². The summed E-state index contributed by atoms with van der Waals surface area (Å²) in [7, 11) is 0. The maximum Gasteiger partial charge on any atom is 0.191 e. The molecule has 14 heavy (non-hydrogen) atoms. The molecule has 82 valence electrons. The smallest absolute Gasteiger partial charge is 0.191 e. The molecule has 0 aromatic rings. The molecule has 0 spiro atoms. The molecule has 0 bridgehead atoms. The van der Waals surface area contributed by atoms with Gasteiger partial charge in [0.1, 0.15) is 0 Å². The number of nitrogens with two attached hydrogens (primary N) is 1. The van der Waals surface area contributed by atoms with Crippen molar-refractivity contribution in [3.8, 4) is 0 Å². The van der Waals surface area contributed by atoms with Crippen molar-refractivity contribution < 1.29 is 0 Å². The van der Waals surface area contributed by atoms with Crippen LogP contribution in [-0.4, -0.2) is 30.0 Å². The second kappa shape index (κ2) is 5.23.